The van der Waals surface area contributed by atoms with Crippen molar-refractivity contribution in [3.05, 3.63) is 0 Å². The monoisotopic (exact) mass is 268 g/mol. The highest BCUT2D eigenvalue weighted by Crippen LogP contribution is 2.29. The minimum atomic E-state index is -0.816. The van der Waals surface area contributed by atoms with Crippen LogP contribution in [-0.2, 0) is 14.3 Å². The fourth-order valence-electron chi connectivity index (χ4n) is 2.90. The van der Waals surface area contributed by atoms with Gasteiger partial charge in [-0.2, -0.15) is 0 Å². The van der Waals surface area contributed by atoms with Gasteiger partial charge in [0, 0.05) is 6.61 Å². The van der Waals surface area contributed by atoms with Crippen molar-refractivity contribution in [1.82, 2.24) is 10.2 Å². The Morgan fingerprint density at radius 1 is 1.47 bits per heavy atom. The Bertz CT molecular complexity index is 375. The van der Waals surface area contributed by atoms with Crippen molar-refractivity contribution >= 4 is 11.8 Å². The van der Waals surface area contributed by atoms with Crippen LogP contribution in [-0.4, -0.2) is 47.6 Å². The minimum Gasteiger partial charge on any atom is -0.379 e. The van der Waals surface area contributed by atoms with Gasteiger partial charge < -0.3 is 15.0 Å². The SMILES string of the molecule is CCC(C)C1C(=O)NC(C)(C)C(=O)N1C1CCOC1. The number of hydrogen-bond acceptors (Lipinski definition) is 3. The van der Waals surface area contributed by atoms with Crippen molar-refractivity contribution in [2.24, 2.45) is 5.92 Å². The molecule has 2 rings (SSSR count). The van der Waals surface area contributed by atoms with Gasteiger partial charge in [-0.15, -0.1) is 0 Å². The largest absolute Gasteiger partial charge is 0.379 e. The summed E-state index contributed by atoms with van der Waals surface area (Å²) in [6, 6.07) is -0.325. The molecule has 0 aromatic heterocycles. The van der Waals surface area contributed by atoms with Crippen LogP contribution in [0.5, 0.6) is 0 Å². The summed E-state index contributed by atoms with van der Waals surface area (Å²) in [6.45, 7) is 8.82. The summed E-state index contributed by atoms with van der Waals surface area (Å²) >= 11 is 0. The van der Waals surface area contributed by atoms with Crippen LogP contribution < -0.4 is 5.32 Å². The van der Waals surface area contributed by atoms with E-state index in [2.05, 4.69) is 5.32 Å². The third kappa shape index (κ3) is 2.48. The summed E-state index contributed by atoms with van der Waals surface area (Å²) in [5, 5.41) is 2.85. The molecule has 5 heteroatoms. The van der Waals surface area contributed by atoms with Crippen LogP contribution >= 0.6 is 0 Å². The van der Waals surface area contributed by atoms with Gasteiger partial charge in [0.2, 0.25) is 11.8 Å². The molecule has 2 amide bonds. The zero-order valence-corrected chi connectivity index (χ0v) is 12.2. The smallest absolute Gasteiger partial charge is 0.248 e. The molecule has 1 N–H and O–H groups in total. The highest BCUT2D eigenvalue weighted by Gasteiger charge is 2.49. The predicted octanol–water partition coefficient (Wildman–Crippen LogP) is 0.927. The van der Waals surface area contributed by atoms with Crippen LogP contribution in [0.25, 0.3) is 0 Å². The van der Waals surface area contributed by atoms with Crippen LogP contribution in [0, 0.1) is 5.92 Å². The van der Waals surface area contributed by atoms with Crippen LogP contribution in [0.3, 0.4) is 0 Å². The Morgan fingerprint density at radius 2 is 2.16 bits per heavy atom. The third-order valence-corrected chi connectivity index (χ3v) is 4.26. The van der Waals surface area contributed by atoms with Gasteiger partial charge >= 0.3 is 0 Å². The molecule has 0 aromatic rings. The van der Waals surface area contributed by atoms with Crippen molar-refractivity contribution in [1.29, 1.82) is 0 Å². The van der Waals surface area contributed by atoms with Crippen molar-refractivity contribution in [3.8, 4) is 0 Å². The standard InChI is InChI=1S/C14H24N2O3/c1-5-9(2)11-12(17)15-14(3,4)13(18)16(11)10-6-7-19-8-10/h9-11H,5-8H2,1-4H3,(H,15,17). The van der Waals surface area contributed by atoms with Crippen molar-refractivity contribution in [3.63, 3.8) is 0 Å². The predicted molar refractivity (Wildman–Crippen MR) is 71.5 cm³/mol. The van der Waals surface area contributed by atoms with Crippen LogP contribution in [0.4, 0.5) is 0 Å². The van der Waals surface area contributed by atoms with Crippen LogP contribution in [0.15, 0.2) is 0 Å². The second-order valence-electron chi connectivity index (χ2n) is 6.17. The number of nitrogens with one attached hydrogen (secondary N) is 1. The Balaban J connectivity index is 2.33. The van der Waals surface area contributed by atoms with Crippen LogP contribution in [0.2, 0.25) is 0 Å². The quantitative estimate of drug-likeness (QED) is 0.828. The fourth-order valence-corrected chi connectivity index (χ4v) is 2.90. The first-order valence-corrected chi connectivity index (χ1v) is 7.11. The van der Waals surface area contributed by atoms with Gasteiger partial charge in [-0.25, -0.2) is 0 Å². The van der Waals surface area contributed by atoms with E-state index in [1.807, 2.05) is 13.8 Å². The van der Waals surface area contributed by atoms with Gasteiger partial charge in [0.25, 0.3) is 0 Å². The van der Waals surface area contributed by atoms with E-state index >= 15 is 0 Å². The van der Waals surface area contributed by atoms with E-state index in [1.165, 1.54) is 0 Å². The zero-order valence-electron chi connectivity index (χ0n) is 12.2. The van der Waals surface area contributed by atoms with Crippen molar-refractivity contribution < 1.29 is 14.3 Å². The van der Waals surface area contributed by atoms with E-state index < -0.39 is 5.54 Å². The molecule has 2 fully saturated rings. The topological polar surface area (TPSA) is 58.6 Å². The van der Waals surface area contributed by atoms with E-state index in [4.69, 9.17) is 4.74 Å². The maximum atomic E-state index is 12.7. The average molecular weight is 268 g/mol. The molecule has 0 aromatic carbocycles. The molecule has 0 bridgehead atoms. The number of amides is 2. The maximum Gasteiger partial charge on any atom is 0.248 e. The van der Waals surface area contributed by atoms with E-state index in [0.717, 1.165) is 12.8 Å². The van der Waals surface area contributed by atoms with Gasteiger partial charge in [-0.1, -0.05) is 20.3 Å². The first-order valence-electron chi connectivity index (χ1n) is 7.11. The van der Waals surface area contributed by atoms with Gasteiger partial charge in [0.1, 0.15) is 11.6 Å². The van der Waals surface area contributed by atoms with Gasteiger partial charge in [-0.05, 0) is 26.2 Å². The number of nitrogens with zero attached hydrogens (tertiary/aromatic N) is 1. The zero-order chi connectivity index (χ0) is 14.2. The van der Waals surface area contributed by atoms with Gasteiger partial charge in [0.05, 0.1) is 12.6 Å². The molecule has 108 valence electrons. The summed E-state index contributed by atoms with van der Waals surface area (Å²) in [7, 11) is 0. The Labute approximate surface area is 114 Å². The minimum absolute atomic E-state index is 0.00731. The third-order valence-electron chi connectivity index (χ3n) is 4.26. The molecule has 19 heavy (non-hydrogen) atoms. The molecule has 5 nitrogen and oxygen atoms in total. The number of carbonyl (C=O) groups excluding carboxylic acids is 2. The number of ether oxygens (including phenoxy) is 1. The van der Waals surface area contributed by atoms with Gasteiger partial charge in [-0.3, -0.25) is 9.59 Å². The number of hydrogen-bond donors (Lipinski definition) is 1. The molecular weight excluding hydrogens is 244 g/mol. The molecule has 2 aliphatic rings. The number of carbonyl (C=O) groups is 2. The molecule has 0 spiro atoms. The molecule has 3 unspecified atom stereocenters. The second-order valence-corrected chi connectivity index (χ2v) is 6.17. The molecule has 0 aliphatic carbocycles. The molecule has 2 saturated heterocycles. The lowest BCUT2D eigenvalue weighted by Crippen LogP contribution is -2.71. The molecule has 0 radical (unpaired) electrons. The van der Waals surface area contributed by atoms with E-state index in [0.29, 0.717) is 13.2 Å². The highest BCUT2D eigenvalue weighted by atomic mass is 16.5. The Hall–Kier alpha value is -1.10. The van der Waals surface area contributed by atoms with Crippen molar-refractivity contribution in [2.45, 2.75) is 58.2 Å². The number of rotatable bonds is 3. The molecule has 3 atom stereocenters. The Kier molecular flexibility index (Phi) is 3.85. The molecule has 0 saturated carbocycles. The van der Waals surface area contributed by atoms with E-state index in [-0.39, 0.29) is 29.8 Å². The summed E-state index contributed by atoms with van der Waals surface area (Å²) in [4.78, 5) is 26.8. The lowest BCUT2D eigenvalue weighted by molar-refractivity contribution is -0.158. The molecule has 2 heterocycles. The van der Waals surface area contributed by atoms with Crippen LogP contribution in [0.1, 0.15) is 40.5 Å². The molecular formula is C14H24N2O3. The van der Waals surface area contributed by atoms with E-state index in [1.54, 1.807) is 18.7 Å². The van der Waals surface area contributed by atoms with Gasteiger partial charge in [0.15, 0.2) is 0 Å². The first-order chi connectivity index (χ1) is 8.88. The number of piperazine rings is 1. The van der Waals surface area contributed by atoms with E-state index in [9.17, 15) is 9.59 Å². The molecule has 2 aliphatic heterocycles. The summed E-state index contributed by atoms with van der Waals surface area (Å²) in [5.74, 6) is 0.124. The Morgan fingerprint density at radius 3 is 2.68 bits per heavy atom. The van der Waals surface area contributed by atoms with Crippen molar-refractivity contribution in [2.75, 3.05) is 13.2 Å². The summed E-state index contributed by atoms with van der Waals surface area (Å²) in [5.41, 5.74) is -0.816. The average Bonchev–Trinajstić information content (AvgIpc) is 2.85. The lowest BCUT2D eigenvalue weighted by atomic mass is 9.88. The fraction of sp³-hybridized carbons (Fsp3) is 0.857. The second kappa shape index (κ2) is 5.12. The normalized spacial score (nSPS) is 32.3. The summed E-state index contributed by atoms with van der Waals surface area (Å²) in [6.07, 6.45) is 1.69. The first kappa shape index (κ1) is 14.3. The summed E-state index contributed by atoms with van der Waals surface area (Å²) < 4.78 is 5.40. The highest BCUT2D eigenvalue weighted by molar-refractivity contribution is 5.99. The maximum absolute atomic E-state index is 12.7. The lowest BCUT2D eigenvalue weighted by Gasteiger charge is -2.47.